The molecule has 5 heteroatoms. The summed E-state index contributed by atoms with van der Waals surface area (Å²) in [5.74, 6) is 0.481. The maximum atomic E-state index is 5.60. The van der Waals surface area contributed by atoms with Crippen molar-refractivity contribution < 1.29 is 4.74 Å². The van der Waals surface area contributed by atoms with Gasteiger partial charge in [0.05, 0.1) is 12.3 Å². The SMILES string of the molecule is COCc1cccc(Br)c1-c1cc(N)n[nH]1. The molecule has 2 aromatic rings. The van der Waals surface area contributed by atoms with E-state index in [1.54, 1.807) is 13.2 Å². The standard InChI is InChI=1S/C11H12BrN3O/c1-16-6-7-3-2-4-8(12)11(7)9-5-10(13)15-14-9/h2-5H,6H2,1H3,(H3,13,14,15). The first-order chi connectivity index (χ1) is 7.72. The molecular weight excluding hydrogens is 270 g/mol. The van der Waals surface area contributed by atoms with E-state index in [-0.39, 0.29) is 0 Å². The summed E-state index contributed by atoms with van der Waals surface area (Å²) in [6, 6.07) is 7.77. The van der Waals surface area contributed by atoms with Gasteiger partial charge in [0, 0.05) is 23.2 Å². The van der Waals surface area contributed by atoms with Crippen molar-refractivity contribution in [2.75, 3.05) is 12.8 Å². The molecule has 0 aliphatic rings. The van der Waals surface area contributed by atoms with Crippen LogP contribution in [-0.2, 0) is 11.3 Å². The summed E-state index contributed by atoms with van der Waals surface area (Å²) in [5, 5.41) is 6.83. The Balaban J connectivity index is 2.53. The number of nitrogens with zero attached hydrogens (tertiary/aromatic N) is 1. The van der Waals surface area contributed by atoms with Crippen molar-refractivity contribution in [1.82, 2.24) is 10.2 Å². The number of anilines is 1. The molecule has 0 radical (unpaired) electrons. The van der Waals surface area contributed by atoms with E-state index in [0.29, 0.717) is 12.4 Å². The van der Waals surface area contributed by atoms with Crippen LogP contribution in [0.5, 0.6) is 0 Å². The fourth-order valence-electron chi connectivity index (χ4n) is 1.61. The first-order valence-electron chi connectivity index (χ1n) is 4.80. The average Bonchev–Trinajstić information content (AvgIpc) is 2.65. The highest BCUT2D eigenvalue weighted by atomic mass is 79.9. The van der Waals surface area contributed by atoms with Gasteiger partial charge in [-0.1, -0.05) is 28.1 Å². The molecule has 0 amide bonds. The minimum atomic E-state index is 0.481. The molecule has 4 nitrogen and oxygen atoms in total. The molecule has 0 bridgehead atoms. The van der Waals surface area contributed by atoms with E-state index >= 15 is 0 Å². The molecule has 0 spiro atoms. The van der Waals surface area contributed by atoms with Crippen molar-refractivity contribution >= 4 is 21.7 Å². The lowest BCUT2D eigenvalue weighted by Gasteiger charge is -2.08. The van der Waals surface area contributed by atoms with Crippen molar-refractivity contribution in [3.8, 4) is 11.3 Å². The van der Waals surface area contributed by atoms with Gasteiger partial charge in [0.25, 0.3) is 0 Å². The predicted molar refractivity (Wildman–Crippen MR) is 66.8 cm³/mol. The number of nitrogens with one attached hydrogen (secondary N) is 1. The molecule has 0 unspecified atom stereocenters. The van der Waals surface area contributed by atoms with Gasteiger partial charge >= 0.3 is 0 Å². The zero-order chi connectivity index (χ0) is 11.5. The Morgan fingerprint density at radius 1 is 1.50 bits per heavy atom. The number of hydrogen-bond acceptors (Lipinski definition) is 3. The van der Waals surface area contributed by atoms with Crippen molar-refractivity contribution in [1.29, 1.82) is 0 Å². The second kappa shape index (κ2) is 4.67. The Morgan fingerprint density at radius 2 is 2.31 bits per heavy atom. The number of halogens is 1. The van der Waals surface area contributed by atoms with Crippen molar-refractivity contribution in [3.05, 3.63) is 34.3 Å². The third-order valence-corrected chi connectivity index (χ3v) is 2.93. The van der Waals surface area contributed by atoms with Crippen LogP contribution in [0.3, 0.4) is 0 Å². The lowest BCUT2D eigenvalue weighted by Crippen LogP contribution is -1.93. The van der Waals surface area contributed by atoms with Crippen LogP contribution in [0.1, 0.15) is 5.56 Å². The molecule has 2 rings (SSSR count). The Hall–Kier alpha value is -1.33. The number of H-pyrrole nitrogens is 1. The van der Waals surface area contributed by atoms with Gasteiger partial charge < -0.3 is 10.5 Å². The molecule has 3 N–H and O–H groups in total. The number of aromatic nitrogens is 2. The summed E-state index contributed by atoms with van der Waals surface area (Å²) in [6.07, 6.45) is 0. The molecule has 84 valence electrons. The normalized spacial score (nSPS) is 10.6. The van der Waals surface area contributed by atoms with Gasteiger partial charge in [-0.15, -0.1) is 0 Å². The van der Waals surface area contributed by atoms with Crippen LogP contribution < -0.4 is 5.73 Å². The highest BCUT2D eigenvalue weighted by Gasteiger charge is 2.11. The van der Waals surface area contributed by atoms with E-state index in [9.17, 15) is 0 Å². The van der Waals surface area contributed by atoms with Crippen molar-refractivity contribution in [2.24, 2.45) is 0 Å². The van der Waals surface area contributed by atoms with Gasteiger partial charge in [-0.3, -0.25) is 5.10 Å². The maximum Gasteiger partial charge on any atom is 0.145 e. The van der Waals surface area contributed by atoms with Crippen LogP contribution in [0, 0.1) is 0 Å². The second-order valence-electron chi connectivity index (χ2n) is 3.41. The Labute approximate surface area is 102 Å². The fourth-order valence-corrected chi connectivity index (χ4v) is 2.23. The Kier molecular flexibility index (Phi) is 3.26. The van der Waals surface area contributed by atoms with Gasteiger partial charge in [0.15, 0.2) is 0 Å². The van der Waals surface area contributed by atoms with Gasteiger partial charge in [-0.05, 0) is 11.6 Å². The average molecular weight is 282 g/mol. The van der Waals surface area contributed by atoms with Crippen LogP contribution in [0.25, 0.3) is 11.3 Å². The number of aromatic amines is 1. The van der Waals surface area contributed by atoms with Crippen LogP contribution >= 0.6 is 15.9 Å². The zero-order valence-electron chi connectivity index (χ0n) is 8.83. The van der Waals surface area contributed by atoms with Crippen molar-refractivity contribution in [3.63, 3.8) is 0 Å². The molecule has 0 aliphatic heterocycles. The minimum Gasteiger partial charge on any atom is -0.382 e. The molecule has 0 fully saturated rings. The highest BCUT2D eigenvalue weighted by Crippen LogP contribution is 2.31. The molecule has 16 heavy (non-hydrogen) atoms. The Morgan fingerprint density at radius 3 is 2.94 bits per heavy atom. The smallest absolute Gasteiger partial charge is 0.145 e. The second-order valence-corrected chi connectivity index (χ2v) is 4.27. The minimum absolute atomic E-state index is 0.481. The van der Waals surface area contributed by atoms with Gasteiger partial charge in [0.1, 0.15) is 5.82 Å². The monoisotopic (exact) mass is 281 g/mol. The van der Waals surface area contributed by atoms with Gasteiger partial charge in [-0.2, -0.15) is 5.10 Å². The van der Waals surface area contributed by atoms with Gasteiger partial charge in [0.2, 0.25) is 0 Å². The first kappa shape index (κ1) is 11.2. The molecule has 0 aliphatic carbocycles. The van der Waals surface area contributed by atoms with E-state index in [4.69, 9.17) is 10.5 Å². The van der Waals surface area contributed by atoms with Crippen LogP contribution in [-0.4, -0.2) is 17.3 Å². The number of benzene rings is 1. The van der Waals surface area contributed by atoms with E-state index < -0.39 is 0 Å². The molecular formula is C11H12BrN3O. The summed E-state index contributed by atoms with van der Waals surface area (Å²) in [6.45, 7) is 0.549. The molecule has 1 aromatic heterocycles. The lowest BCUT2D eigenvalue weighted by atomic mass is 10.1. The van der Waals surface area contributed by atoms with Crippen LogP contribution in [0.4, 0.5) is 5.82 Å². The third-order valence-electron chi connectivity index (χ3n) is 2.27. The molecule has 0 atom stereocenters. The van der Waals surface area contributed by atoms with E-state index in [2.05, 4.69) is 26.1 Å². The van der Waals surface area contributed by atoms with Crippen molar-refractivity contribution in [2.45, 2.75) is 6.61 Å². The zero-order valence-corrected chi connectivity index (χ0v) is 10.4. The van der Waals surface area contributed by atoms with Crippen LogP contribution in [0.15, 0.2) is 28.7 Å². The van der Waals surface area contributed by atoms with E-state index in [0.717, 1.165) is 21.3 Å². The lowest BCUT2D eigenvalue weighted by molar-refractivity contribution is 0.185. The summed E-state index contributed by atoms with van der Waals surface area (Å²) in [5.41, 5.74) is 8.61. The quantitative estimate of drug-likeness (QED) is 0.909. The maximum absolute atomic E-state index is 5.60. The topological polar surface area (TPSA) is 63.9 Å². The van der Waals surface area contributed by atoms with E-state index in [1.807, 2.05) is 18.2 Å². The third kappa shape index (κ3) is 2.10. The van der Waals surface area contributed by atoms with E-state index in [1.165, 1.54) is 0 Å². The summed E-state index contributed by atoms with van der Waals surface area (Å²) < 4.78 is 6.16. The number of nitrogen functional groups attached to an aromatic ring is 1. The number of methoxy groups -OCH3 is 1. The summed E-state index contributed by atoms with van der Waals surface area (Å²) in [7, 11) is 1.67. The molecule has 0 saturated carbocycles. The number of hydrogen-bond donors (Lipinski definition) is 2. The Bertz CT molecular complexity index is 496. The largest absolute Gasteiger partial charge is 0.382 e. The molecule has 1 aromatic carbocycles. The summed E-state index contributed by atoms with van der Waals surface area (Å²) >= 11 is 3.52. The number of ether oxygens (including phenoxy) is 1. The predicted octanol–water partition coefficient (Wildman–Crippen LogP) is 2.57. The fraction of sp³-hybridized carbons (Fsp3) is 0.182. The number of rotatable bonds is 3. The number of nitrogens with two attached hydrogens (primary N) is 1. The molecule has 1 heterocycles. The summed E-state index contributed by atoms with van der Waals surface area (Å²) in [4.78, 5) is 0. The molecule has 0 saturated heterocycles. The van der Waals surface area contributed by atoms with Crippen LogP contribution in [0.2, 0.25) is 0 Å². The first-order valence-corrected chi connectivity index (χ1v) is 5.59. The van der Waals surface area contributed by atoms with Gasteiger partial charge in [-0.25, -0.2) is 0 Å². The highest BCUT2D eigenvalue weighted by molar-refractivity contribution is 9.10.